The summed E-state index contributed by atoms with van der Waals surface area (Å²) in [4.78, 5) is 13.5. The second kappa shape index (κ2) is 5.41. The molecule has 1 N–H and O–H groups in total. The van der Waals surface area contributed by atoms with Gasteiger partial charge in [0.1, 0.15) is 5.75 Å². The average molecular weight is 367 g/mol. The molecule has 2 rings (SSSR count). The quantitative estimate of drug-likeness (QED) is 0.826. The molecule has 0 spiro atoms. The van der Waals surface area contributed by atoms with Crippen LogP contribution < -0.4 is 10.3 Å². The Morgan fingerprint density at radius 3 is 2.55 bits per heavy atom. The monoisotopic (exact) mass is 366 g/mol. The van der Waals surface area contributed by atoms with E-state index >= 15 is 0 Å². The van der Waals surface area contributed by atoms with Crippen LogP contribution >= 0.6 is 28.1 Å². The predicted molar refractivity (Wildman–Crippen MR) is 71.6 cm³/mol. The number of ether oxygens (including phenoxy) is 1. The number of hydrogen-bond acceptors (Lipinski definition) is 3. The Hall–Kier alpha value is -1.61. The molecule has 0 atom stereocenters. The largest absolute Gasteiger partial charge is 0.573 e. The van der Waals surface area contributed by atoms with Crippen molar-refractivity contribution in [3.05, 3.63) is 50.1 Å². The molecular formula is C11H6BrF3N2O2S. The molecule has 0 radical (unpaired) electrons. The van der Waals surface area contributed by atoms with Gasteiger partial charge in [-0.15, -0.1) is 13.2 Å². The van der Waals surface area contributed by atoms with Crippen molar-refractivity contribution in [2.75, 3.05) is 0 Å². The third kappa shape index (κ3) is 3.48. The molecule has 0 aliphatic rings. The van der Waals surface area contributed by atoms with Crippen LogP contribution in [-0.2, 0) is 0 Å². The smallest absolute Gasteiger partial charge is 0.405 e. The van der Waals surface area contributed by atoms with Crippen LogP contribution in [0.1, 0.15) is 0 Å². The van der Waals surface area contributed by atoms with E-state index in [1.807, 2.05) is 0 Å². The molecule has 0 amide bonds. The minimum atomic E-state index is -4.77. The summed E-state index contributed by atoms with van der Waals surface area (Å²) in [7, 11) is 0. The molecule has 1 aromatic heterocycles. The molecule has 4 nitrogen and oxygen atoms in total. The Labute approximate surface area is 124 Å². The zero-order chi connectivity index (χ0) is 14.9. The van der Waals surface area contributed by atoms with Crippen LogP contribution in [0.4, 0.5) is 13.2 Å². The average Bonchev–Trinajstić information content (AvgIpc) is 2.30. The summed E-state index contributed by atoms with van der Waals surface area (Å²) in [5, 5.41) is 0. The molecule has 106 valence electrons. The number of halogens is 4. The van der Waals surface area contributed by atoms with Crippen LogP contribution in [0.3, 0.4) is 0 Å². The number of hydrogen-bond donors (Lipinski definition) is 1. The number of benzene rings is 1. The fourth-order valence-electron chi connectivity index (χ4n) is 1.47. The van der Waals surface area contributed by atoms with E-state index in [0.29, 0.717) is 5.69 Å². The molecule has 1 heterocycles. The standard InChI is InChI=1S/C11H6BrF3N2O2S/c12-7-5-6(1-2-8(7)19-11(13,14)15)17-4-3-9(18)16-10(17)20/h1-5H,(H,16,18,20). The molecule has 0 unspecified atom stereocenters. The van der Waals surface area contributed by atoms with Crippen molar-refractivity contribution in [3.8, 4) is 11.4 Å². The van der Waals surface area contributed by atoms with Gasteiger partial charge in [-0.1, -0.05) is 0 Å². The van der Waals surface area contributed by atoms with Crippen molar-refractivity contribution < 1.29 is 17.9 Å². The molecule has 1 aromatic carbocycles. The SMILES string of the molecule is O=c1ccn(-c2ccc(OC(F)(F)F)c(Br)c2)c(=S)[nH]1. The van der Waals surface area contributed by atoms with Crippen molar-refractivity contribution in [1.29, 1.82) is 0 Å². The minimum absolute atomic E-state index is 0.112. The van der Waals surface area contributed by atoms with Crippen LogP contribution in [0, 0.1) is 4.77 Å². The number of H-pyrrole nitrogens is 1. The Balaban J connectivity index is 2.43. The summed E-state index contributed by atoms with van der Waals surface area (Å²) in [6.07, 6.45) is -3.34. The van der Waals surface area contributed by atoms with Gasteiger partial charge in [-0.3, -0.25) is 14.3 Å². The summed E-state index contributed by atoms with van der Waals surface area (Å²) in [6.45, 7) is 0. The van der Waals surface area contributed by atoms with Gasteiger partial charge in [0.25, 0.3) is 5.56 Å². The van der Waals surface area contributed by atoms with E-state index < -0.39 is 6.36 Å². The highest BCUT2D eigenvalue weighted by Gasteiger charge is 2.31. The van der Waals surface area contributed by atoms with Crippen molar-refractivity contribution in [2.45, 2.75) is 6.36 Å². The molecule has 0 bridgehead atoms. The van der Waals surface area contributed by atoms with Gasteiger partial charge in [0.2, 0.25) is 0 Å². The number of nitrogens with one attached hydrogen (secondary N) is 1. The molecule has 0 saturated heterocycles. The number of nitrogens with zero attached hydrogens (tertiary/aromatic N) is 1. The Morgan fingerprint density at radius 1 is 1.30 bits per heavy atom. The van der Waals surface area contributed by atoms with Crippen molar-refractivity contribution in [1.82, 2.24) is 9.55 Å². The van der Waals surface area contributed by atoms with Gasteiger partial charge in [0.05, 0.1) is 4.47 Å². The zero-order valence-corrected chi connectivity index (χ0v) is 12.0. The summed E-state index contributed by atoms with van der Waals surface area (Å²) < 4.78 is 42.0. The summed E-state index contributed by atoms with van der Waals surface area (Å²) in [5.74, 6) is -0.364. The van der Waals surface area contributed by atoms with E-state index in [-0.39, 0.29) is 20.6 Å². The lowest BCUT2D eigenvalue weighted by atomic mass is 10.3. The predicted octanol–water partition coefficient (Wildman–Crippen LogP) is 3.56. The third-order valence-electron chi connectivity index (χ3n) is 2.24. The molecular weight excluding hydrogens is 361 g/mol. The van der Waals surface area contributed by atoms with Gasteiger partial charge in [-0.25, -0.2) is 0 Å². The van der Waals surface area contributed by atoms with E-state index in [0.717, 1.165) is 6.07 Å². The summed E-state index contributed by atoms with van der Waals surface area (Å²) in [5.41, 5.74) is 0.120. The topological polar surface area (TPSA) is 47.0 Å². The van der Waals surface area contributed by atoms with Crippen LogP contribution in [-0.4, -0.2) is 15.9 Å². The van der Waals surface area contributed by atoms with E-state index in [1.165, 1.54) is 29.0 Å². The van der Waals surface area contributed by atoms with Gasteiger partial charge in [-0.2, -0.15) is 0 Å². The lowest BCUT2D eigenvalue weighted by Crippen LogP contribution is -2.17. The minimum Gasteiger partial charge on any atom is -0.405 e. The fraction of sp³-hybridized carbons (Fsp3) is 0.0909. The lowest BCUT2D eigenvalue weighted by molar-refractivity contribution is -0.274. The first-order valence-corrected chi connectivity index (χ1v) is 6.34. The van der Waals surface area contributed by atoms with Crippen LogP contribution in [0.5, 0.6) is 5.75 Å². The van der Waals surface area contributed by atoms with Crippen LogP contribution in [0.15, 0.2) is 39.7 Å². The van der Waals surface area contributed by atoms with Gasteiger partial charge in [0.15, 0.2) is 4.77 Å². The normalized spacial score (nSPS) is 11.4. The Kier molecular flexibility index (Phi) is 4.00. The third-order valence-corrected chi connectivity index (χ3v) is 3.16. The Bertz CT molecular complexity index is 754. The van der Waals surface area contributed by atoms with Gasteiger partial charge in [0, 0.05) is 18.0 Å². The Morgan fingerprint density at radius 2 is 2.00 bits per heavy atom. The van der Waals surface area contributed by atoms with Gasteiger partial charge in [-0.05, 0) is 46.3 Å². The fourth-order valence-corrected chi connectivity index (χ4v) is 2.18. The number of aromatic nitrogens is 2. The van der Waals surface area contributed by atoms with Crippen LogP contribution in [0.25, 0.3) is 5.69 Å². The lowest BCUT2D eigenvalue weighted by Gasteiger charge is -2.12. The summed E-state index contributed by atoms with van der Waals surface area (Å²) >= 11 is 7.96. The van der Waals surface area contributed by atoms with E-state index in [9.17, 15) is 18.0 Å². The highest BCUT2D eigenvalue weighted by molar-refractivity contribution is 9.10. The second-order valence-corrected chi connectivity index (χ2v) is 4.88. The first-order chi connectivity index (χ1) is 9.26. The van der Waals surface area contributed by atoms with Crippen molar-refractivity contribution >= 4 is 28.1 Å². The molecule has 9 heteroatoms. The maximum atomic E-state index is 12.1. The van der Waals surface area contributed by atoms with Crippen LogP contribution in [0.2, 0.25) is 0 Å². The van der Waals surface area contributed by atoms with Crippen molar-refractivity contribution in [2.24, 2.45) is 0 Å². The van der Waals surface area contributed by atoms with Gasteiger partial charge < -0.3 is 4.74 Å². The molecule has 0 aliphatic carbocycles. The highest BCUT2D eigenvalue weighted by Crippen LogP contribution is 2.31. The number of rotatable bonds is 2. The molecule has 20 heavy (non-hydrogen) atoms. The maximum Gasteiger partial charge on any atom is 0.573 e. The van der Waals surface area contributed by atoms with E-state index in [1.54, 1.807) is 0 Å². The zero-order valence-electron chi connectivity index (χ0n) is 9.57. The molecule has 0 fully saturated rings. The van der Waals surface area contributed by atoms with E-state index in [2.05, 4.69) is 25.7 Å². The maximum absolute atomic E-state index is 12.1. The van der Waals surface area contributed by atoms with Crippen molar-refractivity contribution in [3.63, 3.8) is 0 Å². The second-order valence-electron chi connectivity index (χ2n) is 3.64. The summed E-state index contributed by atoms with van der Waals surface area (Å²) in [6, 6.07) is 5.19. The van der Waals surface area contributed by atoms with Gasteiger partial charge >= 0.3 is 6.36 Å². The first-order valence-electron chi connectivity index (χ1n) is 5.14. The number of alkyl halides is 3. The first kappa shape index (κ1) is 14.8. The molecule has 0 aliphatic heterocycles. The molecule has 0 saturated carbocycles. The highest BCUT2D eigenvalue weighted by atomic mass is 79.9. The van der Waals surface area contributed by atoms with E-state index in [4.69, 9.17) is 12.2 Å². The molecule has 2 aromatic rings. The number of aromatic amines is 1.